The quantitative estimate of drug-likeness (QED) is 0.764. The van der Waals surface area contributed by atoms with Crippen molar-refractivity contribution in [3.63, 3.8) is 0 Å². The lowest BCUT2D eigenvalue weighted by molar-refractivity contribution is -0.191. The van der Waals surface area contributed by atoms with Crippen LogP contribution in [0, 0.1) is 22.7 Å². The third-order valence-corrected chi connectivity index (χ3v) is 6.84. The van der Waals surface area contributed by atoms with Crippen LogP contribution in [0.2, 0.25) is 0 Å². The summed E-state index contributed by atoms with van der Waals surface area (Å²) in [6.45, 7) is 6.79. The number of fused-ring (bicyclic) bond motifs is 2. The fourth-order valence-corrected chi connectivity index (χ4v) is 5.65. The van der Waals surface area contributed by atoms with Crippen molar-refractivity contribution in [1.29, 1.82) is 0 Å². The Hall–Kier alpha value is -0.250. The van der Waals surface area contributed by atoms with Crippen LogP contribution in [0.15, 0.2) is 0 Å². The van der Waals surface area contributed by atoms with Gasteiger partial charge >= 0.3 is 6.18 Å². The molecule has 1 N–H and O–H groups in total. The highest BCUT2D eigenvalue weighted by Crippen LogP contribution is 2.62. The van der Waals surface area contributed by atoms with E-state index in [9.17, 15) is 13.2 Å². The first-order valence-electron chi connectivity index (χ1n) is 8.47. The van der Waals surface area contributed by atoms with Crippen molar-refractivity contribution in [2.24, 2.45) is 22.7 Å². The summed E-state index contributed by atoms with van der Waals surface area (Å²) in [7, 11) is 0. The van der Waals surface area contributed by atoms with E-state index in [1.54, 1.807) is 0 Å². The van der Waals surface area contributed by atoms with Gasteiger partial charge in [-0.3, -0.25) is 0 Å². The van der Waals surface area contributed by atoms with Crippen LogP contribution >= 0.6 is 0 Å². The molecule has 122 valence electrons. The van der Waals surface area contributed by atoms with Gasteiger partial charge in [-0.1, -0.05) is 33.6 Å². The van der Waals surface area contributed by atoms with E-state index in [-0.39, 0.29) is 22.9 Å². The zero-order valence-electron chi connectivity index (χ0n) is 13.4. The van der Waals surface area contributed by atoms with Gasteiger partial charge < -0.3 is 5.32 Å². The second kappa shape index (κ2) is 4.87. The molecule has 0 aromatic heterocycles. The van der Waals surface area contributed by atoms with E-state index >= 15 is 0 Å². The van der Waals surface area contributed by atoms with Gasteiger partial charge in [-0.2, -0.15) is 13.2 Å². The van der Waals surface area contributed by atoms with Crippen LogP contribution in [0.5, 0.6) is 0 Å². The van der Waals surface area contributed by atoms with Gasteiger partial charge in [0.15, 0.2) is 0 Å². The molecule has 0 saturated heterocycles. The molecule has 0 amide bonds. The fourth-order valence-electron chi connectivity index (χ4n) is 5.65. The van der Waals surface area contributed by atoms with E-state index in [1.807, 2.05) is 0 Å². The topological polar surface area (TPSA) is 12.0 Å². The molecular weight excluding hydrogens is 275 g/mol. The summed E-state index contributed by atoms with van der Waals surface area (Å²) in [6, 6.07) is -0.143. The zero-order chi connectivity index (χ0) is 15.5. The lowest BCUT2D eigenvalue weighted by atomic mass is 9.67. The van der Waals surface area contributed by atoms with Gasteiger partial charge in [-0.05, 0) is 48.9 Å². The standard InChI is InChI=1S/C17H28F3N/c1-15(2)11-8-9-16(3,10-11)14(15)21-13-7-5-4-6-12(13)17(18,19)20/h11-14,21H,4-10H2,1-3H3/t11-,12?,13?,14?,16+/m0/s1. The van der Waals surface area contributed by atoms with Gasteiger partial charge in [0.2, 0.25) is 0 Å². The Balaban J connectivity index is 1.78. The second-order valence-electron chi connectivity index (χ2n) is 8.55. The Bertz CT molecular complexity index is 399. The summed E-state index contributed by atoms with van der Waals surface area (Å²) >= 11 is 0. The van der Waals surface area contributed by atoms with Crippen LogP contribution in [0.1, 0.15) is 65.7 Å². The smallest absolute Gasteiger partial charge is 0.310 e. The first-order valence-corrected chi connectivity index (χ1v) is 8.47. The number of hydrogen-bond acceptors (Lipinski definition) is 1. The van der Waals surface area contributed by atoms with Gasteiger partial charge in [-0.15, -0.1) is 0 Å². The van der Waals surface area contributed by atoms with E-state index in [2.05, 4.69) is 26.1 Å². The van der Waals surface area contributed by atoms with Gasteiger partial charge in [0.25, 0.3) is 0 Å². The van der Waals surface area contributed by atoms with Crippen LogP contribution in [0.25, 0.3) is 0 Å². The molecule has 3 saturated carbocycles. The number of hydrogen-bond donors (Lipinski definition) is 1. The first kappa shape index (κ1) is 15.6. The average Bonchev–Trinajstić information content (AvgIpc) is 2.85. The molecule has 3 aliphatic carbocycles. The Kier molecular flexibility index (Phi) is 3.63. The van der Waals surface area contributed by atoms with Gasteiger partial charge in [0.05, 0.1) is 5.92 Å². The molecule has 0 aromatic carbocycles. The van der Waals surface area contributed by atoms with Crippen LogP contribution in [-0.4, -0.2) is 18.3 Å². The molecule has 3 aliphatic rings. The van der Waals surface area contributed by atoms with Crippen molar-refractivity contribution in [2.75, 3.05) is 0 Å². The summed E-state index contributed by atoms with van der Waals surface area (Å²) in [5.74, 6) is -0.474. The highest BCUT2D eigenvalue weighted by molar-refractivity contribution is 5.13. The maximum atomic E-state index is 13.3. The minimum atomic E-state index is -4.05. The fraction of sp³-hybridized carbons (Fsp3) is 1.00. The summed E-state index contributed by atoms with van der Waals surface area (Å²) < 4.78 is 39.9. The maximum absolute atomic E-state index is 13.3. The maximum Gasteiger partial charge on any atom is 0.393 e. The van der Waals surface area contributed by atoms with Crippen LogP contribution < -0.4 is 5.32 Å². The minimum Gasteiger partial charge on any atom is -0.310 e. The van der Waals surface area contributed by atoms with E-state index in [0.29, 0.717) is 18.8 Å². The third-order valence-electron chi connectivity index (χ3n) is 6.84. The Morgan fingerprint density at radius 2 is 1.67 bits per heavy atom. The van der Waals surface area contributed by atoms with Gasteiger partial charge in [0.1, 0.15) is 0 Å². The number of rotatable bonds is 2. The van der Waals surface area contributed by atoms with Crippen molar-refractivity contribution >= 4 is 0 Å². The summed E-state index contributed by atoms with van der Waals surface area (Å²) in [5.41, 5.74) is 0.322. The molecule has 0 radical (unpaired) electrons. The minimum absolute atomic E-state index is 0.126. The monoisotopic (exact) mass is 303 g/mol. The molecule has 0 aliphatic heterocycles. The second-order valence-corrected chi connectivity index (χ2v) is 8.55. The van der Waals surface area contributed by atoms with Crippen molar-refractivity contribution < 1.29 is 13.2 Å². The molecule has 3 rings (SSSR count). The molecule has 0 aromatic rings. The van der Waals surface area contributed by atoms with Crippen LogP contribution in [0.3, 0.4) is 0 Å². The normalized spacial score (nSPS) is 46.0. The molecule has 0 heterocycles. The largest absolute Gasteiger partial charge is 0.393 e. The zero-order valence-corrected chi connectivity index (χ0v) is 13.4. The summed E-state index contributed by atoms with van der Waals surface area (Å²) in [5, 5.41) is 3.52. The predicted octanol–water partition coefficient (Wildman–Crippen LogP) is 4.91. The molecule has 3 unspecified atom stereocenters. The predicted molar refractivity (Wildman–Crippen MR) is 78.0 cm³/mol. The summed E-state index contributed by atoms with van der Waals surface area (Å²) in [6.07, 6.45) is 2.17. The summed E-state index contributed by atoms with van der Waals surface area (Å²) in [4.78, 5) is 0. The molecular formula is C17H28F3N. The average molecular weight is 303 g/mol. The molecule has 3 fully saturated rings. The first-order chi connectivity index (χ1) is 9.64. The third kappa shape index (κ3) is 2.51. The Labute approximate surface area is 126 Å². The molecule has 2 bridgehead atoms. The van der Waals surface area contributed by atoms with Crippen molar-refractivity contribution in [2.45, 2.75) is 84.0 Å². The highest BCUT2D eigenvalue weighted by atomic mass is 19.4. The van der Waals surface area contributed by atoms with E-state index in [1.165, 1.54) is 19.3 Å². The molecule has 1 nitrogen and oxygen atoms in total. The lowest BCUT2D eigenvalue weighted by Crippen LogP contribution is -2.57. The van der Waals surface area contributed by atoms with Gasteiger partial charge in [-0.25, -0.2) is 0 Å². The molecule has 0 spiro atoms. The SMILES string of the molecule is CC1(C)C(NC2CCCCC2C(F)(F)F)[C@]2(C)CC[C@H]1C2. The van der Waals surface area contributed by atoms with Crippen molar-refractivity contribution in [3.8, 4) is 0 Å². The Morgan fingerprint density at radius 3 is 2.24 bits per heavy atom. The van der Waals surface area contributed by atoms with E-state index in [4.69, 9.17) is 0 Å². The number of alkyl halides is 3. The lowest BCUT2D eigenvalue weighted by Gasteiger charge is -2.47. The van der Waals surface area contributed by atoms with E-state index in [0.717, 1.165) is 12.8 Å². The molecule has 4 heteroatoms. The molecule has 5 atom stereocenters. The van der Waals surface area contributed by atoms with Crippen LogP contribution in [-0.2, 0) is 0 Å². The van der Waals surface area contributed by atoms with Gasteiger partial charge in [0, 0.05) is 12.1 Å². The van der Waals surface area contributed by atoms with E-state index < -0.39 is 12.1 Å². The Morgan fingerprint density at radius 1 is 1.00 bits per heavy atom. The van der Waals surface area contributed by atoms with Crippen LogP contribution in [0.4, 0.5) is 13.2 Å². The van der Waals surface area contributed by atoms with Crippen molar-refractivity contribution in [1.82, 2.24) is 5.32 Å². The molecule has 21 heavy (non-hydrogen) atoms. The highest BCUT2D eigenvalue weighted by Gasteiger charge is 2.60. The number of nitrogens with one attached hydrogen (secondary N) is 1. The van der Waals surface area contributed by atoms with Crippen molar-refractivity contribution in [3.05, 3.63) is 0 Å². The number of halogens is 3.